The molecule has 2 aromatic rings. The first kappa shape index (κ1) is 18.3. The molecule has 0 heterocycles. The molecular weight excluding hydrogens is 347 g/mol. The fourth-order valence-corrected chi connectivity index (χ4v) is 2.75. The quantitative estimate of drug-likeness (QED) is 0.845. The van der Waals surface area contributed by atoms with Crippen LogP contribution >= 0.6 is 23.2 Å². The van der Waals surface area contributed by atoms with Crippen molar-refractivity contribution >= 4 is 46.4 Å². The van der Waals surface area contributed by atoms with Crippen LogP contribution < -0.4 is 10.2 Å². The van der Waals surface area contributed by atoms with Gasteiger partial charge in [0.15, 0.2) is 0 Å². The van der Waals surface area contributed by atoms with Gasteiger partial charge in [0.05, 0.1) is 15.7 Å². The van der Waals surface area contributed by atoms with Crippen LogP contribution in [0.1, 0.15) is 19.4 Å². The number of nitrogens with zero attached hydrogens (tertiary/aromatic N) is 1. The van der Waals surface area contributed by atoms with Crippen LogP contribution in [0.2, 0.25) is 10.0 Å². The number of rotatable bonds is 5. The van der Waals surface area contributed by atoms with Crippen LogP contribution in [-0.4, -0.2) is 18.4 Å². The monoisotopic (exact) mass is 364 g/mol. The molecule has 0 spiro atoms. The van der Waals surface area contributed by atoms with Crippen molar-refractivity contribution in [2.75, 3.05) is 16.8 Å². The molecule has 24 heavy (non-hydrogen) atoms. The van der Waals surface area contributed by atoms with Crippen molar-refractivity contribution in [3.63, 3.8) is 0 Å². The van der Waals surface area contributed by atoms with Gasteiger partial charge in [-0.25, -0.2) is 0 Å². The maximum atomic E-state index is 12.4. The van der Waals surface area contributed by atoms with E-state index in [1.54, 1.807) is 18.2 Å². The number of hydrogen-bond donors (Lipinski definition) is 1. The SMILES string of the molecule is CCc1ccccc1NC(=O)CN(C(C)=O)c1cccc(Cl)c1Cl. The predicted molar refractivity (Wildman–Crippen MR) is 98.9 cm³/mol. The molecule has 0 fully saturated rings. The van der Waals surface area contributed by atoms with Crippen LogP contribution in [0.25, 0.3) is 0 Å². The molecule has 0 bridgehead atoms. The number of aryl methyl sites for hydroxylation is 1. The van der Waals surface area contributed by atoms with Gasteiger partial charge in [0.25, 0.3) is 0 Å². The minimum Gasteiger partial charge on any atom is -0.324 e. The highest BCUT2D eigenvalue weighted by atomic mass is 35.5. The summed E-state index contributed by atoms with van der Waals surface area (Å²) in [6, 6.07) is 12.5. The fraction of sp³-hybridized carbons (Fsp3) is 0.222. The molecule has 0 saturated carbocycles. The lowest BCUT2D eigenvalue weighted by atomic mass is 10.1. The van der Waals surface area contributed by atoms with Gasteiger partial charge in [0.2, 0.25) is 11.8 Å². The summed E-state index contributed by atoms with van der Waals surface area (Å²) in [4.78, 5) is 25.7. The van der Waals surface area contributed by atoms with Crippen molar-refractivity contribution in [1.29, 1.82) is 0 Å². The standard InChI is InChI=1S/C18H18Cl2N2O2/c1-3-13-7-4-5-9-15(13)21-17(24)11-22(12(2)23)16-10-6-8-14(19)18(16)20/h4-10H,3,11H2,1-2H3,(H,21,24). The molecule has 2 aromatic carbocycles. The minimum atomic E-state index is -0.304. The highest BCUT2D eigenvalue weighted by Crippen LogP contribution is 2.32. The Kier molecular flexibility index (Phi) is 6.23. The van der Waals surface area contributed by atoms with Gasteiger partial charge in [0.1, 0.15) is 6.54 Å². The average Bonchev–Trinajstić information content (AvgIpc) is 2.56. The van der Waals surface area contributed by atoms with E-state index in [2.05, 4.69) is 5.32 Å². The van der Waals surface area contributed by atoms with Crippen LogP contribution in [-0.2, 0) is 16.0 Å². The lowest BCUT2D eigenvalue weighted by Gasteiger charge is -2.22. The first-order chi connectivity index (χ1) is 11.4. The molecule has 0 aromatic heterocycles. The third kappa shape index (κ3) is 4.28. The molecule has 0 unspecified atom stereocenters. The van der Waals surface area contributed by atoms with Gasteiger partial charge in [-0.3, -0.25) is 9.59 Å². The van der Waals surface area contributed by atoms with Gasteiger partial charge in [-0.15, -0.1) is 0 Å². The second-order valence-corrected chi connectivity index (χ2v) is 6.02. The summed E-state index contributed by atoms with van der Waals surface area (Å²) in [6.07, 6.45) is 0.799. The maximum Gasteiger partial charge on any atom is 0.244 e. The van der Waals surface area contributed by atoms with Crippen molar-refractivity contribution in [2.24, 2.45) is 0 Å². The molecule has 4 nitrogen and oxygen atoms in total. The van der Waals surface area contributed by atoms with Gasteiger partial charge < -0.3 is 10.2 Å². The van der Waals surface area contributed by atoms with Gasteiger partial charge in [-0.05, 0) is 30.2 Å². The topological polar surface area (TPSA) is 49.4 Å². The molecule has 6 heteroatoms. The second kappa shape index (κ2) is 8.18. The van der Waals surface area contributed by atoms with E-state index in [0.717, 1.165) is 17.7 Å². The Bertz CT molecular complexity index is 762. The van der Waals surface area contributed by atoms with Crippen LogP contribution in [0.15, 0.2) is 42.5 Å². The molecule has 0 radical (unpaired) electrons. The molecule has 2 rings (SSSR count). The Labute approximate surface area is 151 Å². The average molecular weight is 365 g/mol. The van der Waals surface area contributed by atoms with Crippen molar-refractivity contribution in [3.05, 3.63) is 58.1 Å². The Morgan fingerprint density at radius 1 is 1.08 bits per heavy atom. The van der Waals surface area contributed by atoms with Gasteiger partial charge in [-0.2, -0.15) is 0 Å². The molecule has 0 saturated heterocycles. The van der Waals surface area contributed by atoms with E-state index in [0.29, 0.717) is 10.7 Å². The number of anilines is 2. The number of halogens is 2. The molecule has 0 aliphatic heterocycles. The number of benzene rings is 2. The fourth-order valence-electron chi connectivity index (χ4n) is 2.35. The third-order valence-electron chi connectivity index (χ3n) is 3.58. The number of carbonyl (C=O) groups excluding carboxylic acids is 2. The Hall–Kier alpha value is -2.04. The second-order valence-electron chi connectivity index (χ2n) is 5.24. The van der Waals surface area contributed by atoms with E-state index in [9.17, 15) is 9.59 Å². The highest BCUT2D eigenvalue weighted by molar-refractivity contribution is 6.44. The van der Waals surface area contributed by atoms with Gasteiger partial charge >= 0.3 is 0 Å². The number of hydrogen-bond acceptors (Lipinski definition) is 2. The van der Waals surface area contributed by atoms with Crippen molar-refractivity contribution < 1.29 is 9.59 Å². The third-order valence-corrected chi connectivity index (χ3v) is 4.39. The molecule has 0 aliphatic carbocycles. The zero-order chi connectivity index (χ0) is 17.7. The van der Waals surface area contributed by atoms with Crippen LogP contribution in [0.5, 0.6) is 0 Å². The summed E-state index contributed by atoms with van der Waals surface area (Å²) >= 11 is 12.2. The van der Waals surface area contributed by atoms with Crippen molar-refractivity contribution in [2.45, 2.75) is 20.3 Å². The lowest BCUT2D eigenvalue weighted by Crippen LogP contribution is -2.37. The number of carbonyl (C=O) groups is 2. The summed E-state index contributed by atoms with van der Waals surface area (Å²) in [5, 5.41) is 3.42. The van der Waals surface area contributed by atoms with Crippen LogP contribution in [0, 0.1) is 0 Å². The van der Waals surface area contributed by atoms with E-state index in [-0.39, 0.29) is 23.4 Å². The first-order valence-electron chi connectivity index (χ1n) is 7.54. The minimum absolute atomic E-state index is 0.145. The zero-order valence-corrected chi connectivity index (χ0v) is 15.0. The molecule has 0 atom stereocenters. The molecule has 0 aliphatic rings. The van der Waals surface area contributed by atoms with Crippen molar-refractivity contribution in [3.8, 4) is 0 Å². The van der Waals surface area contributed by atoms with Crippen molar-refractivity contribution in [1.82, 2.24) is 0 Å². The van der Waals surface area contributed by atoms with E-state index in [1.165, 1.54) is 11.8 Å². The highest BCUT2D eigenvalue weighted by Gasteiger charge is 2.20. The maximum absolute atomic E-state index is 12.4. The summed E-state index contributed by atoms with van der Waals surface area (Å²) in [6.45, 7) is 3.25. The van der Waals surface area contributed by atoms with E-state index in [1.807, 2.05) is 31.2 Å². The lowest BCUT2D eigenvalue weighted by molar-refractivity contribution is -0.120. The van der Waals surface area contributed by atoms with E-state index >= 15 is 0 Å². The predicted octanol–water partition coefficient (Wildman–Crippen LogP) is 4.55. The zero-order valence-electron chi connectivity index (χ0n) is 13.5. The molecule has 2 amide bonds. The van der Waals surface area contributed by atoms with Crippen LogP contribution in [0.3, 0.4) is 0 Å². The summed E-state index contributed by atoms with van der Waals surface area (Å²) in [5.41, 5.74) is 2.18. The summed E-state index contributed by atoms with van der Waals surface area (Å²) in [7, 11) is 0. The molecule has 1 N–H and O–H groups in total. The molecule has 126 valence electrons. The Morgan fingerprint density at radius 3 is 2.46 bits per heavy atom. The first-order valence-corrected chi connectivity index (χ1v) is 8.29. The Balaban J connectivity index is 2.20. The Morgan fingerprint density at radius 2 is 1.79 bits per heavy atom. The van der Waals surface area contributed by atoms with Gasteiger partial charge in [0, 0.05) is 12.6 Å². The van der Waals surface area contributed by atoms with Gasteiger partial charge in [-0.1, -0.05) is 54.4 Å². The molecular formula is C18H18Cl2N2O2. The number of nitrogens with one attached hydrogen (secondary N) is 1. The summed E-state index contributed by atoms with van der Waals surface area (Å²) in [5.74, 6) is -0.597. The number of amides is 2. The van der Waals surface area contributed by atoms with E-state index < -0.39 is 0 Å². The normalized spacial score (nSPS) is 10.3. The van der Waals surface area contributed by atoms with E-state index in [4.69, 9.17) is 23.2 Å². The number of para-hydroxylation sites is 1. The summed E-state index contributed by atoms with van der Waals surface area (Å²) < 4.78 is 0. The smallest absolute Gasteiger partial charge is 0.244 e. The van der Waals surface area contributed by atoms with Crippen LogP contribution in [0.4, 0.5) is 11.4 Å². The largest absolute Gasteiger partial charge is 0.324 e.